The fraction of sp³-hybridized carbons (Fsp3) is 0.526. The molecule has 4 amide bonds. The van der Waals surface area contributed by atoms with Gasteiger partial charge in [-0.15, -0.1) is 0 Å². The van der Waals surface area contributed by atoms with Crippen LogP contribution in [0.4, 0.5) is 10.5 Å². The van der Waals surface area contributed by atoms with Crippen LogP contribution in [0.1, 0.15) is 65.7 Å². The molecule has 1 saturated carbocycles. The summed E-state index contributed by atoms with van der Waals surface area (Å²) >= 11 is 0. The van der Waals surface area contributed by atoms with Gasteiger partial charge < -0.3 is 10.2 Å². The lowest BCUT2D eigenvalue weighted by Crippen LogP contribution is -2.40. The first kappa shape index (κ1) is 16.1. The van der Waals surface area contributed by atoms with Crippen molar-refractivity contribution in [2.45, 2.75) is 51.0 Å². The topological polar surface area (TPSA) is 69.7 Å². The number of carbonyl (C=O) groups excluding carboxylic acids is 3. The zero-order chi connectivity index (χ0) is 17.4. The summed E-state index contributed by atoms with van der Waals surface area (Å²) in [6.45, 7) is 1.54. The summed E-state index contributed by atoms with van der Waals surface area (Å²) in [5.74, 6) is -0.409. The van der Waals surface area contributed by atoms with E-state index in [9.17, 15) is 14.4 Å². The molecule has 25 heavy (non-hydrogen) atoms. The van der Waals surface area contributed by atoms with Gasteiger partial charge >= 0.3 is 6.03 Å². The highest BCUT2D eigenvalue weighted by Crippen LogP contribution is 2.32. The highest BCUT2D eigenvalue weighted by atomic mass is 16.2. The highest BCUT2D eigenvalue weighted by Gasteiger charge is 2.40. The van der Waals surface area contributed by atoms with Gasteiger partial charge in [-0.05, 0) is 43.9 Å². The van der Waals surface area contributed by atoms with Gasteiger partial charge in [0.15, 0.2) is 0 Å². The minimum Gasteiger partial charge on any atom is -0.325 e. The molecule has 1 aromatic carbocycles. The summed E-state index contributed by atoms with van der Waals surface area (Å²) in [4.78, 5) is 40.9. The Hall–Kier alpha value is -2.37. The zero-order valence-electron chi connectivity index (χ0n) is 14.3. The molecule has 132 valence electrons. The van der Waals surface area contributed by atoms with Gasteiger partial charge in [-0.2, -0.15) is 0 Å². The number of urea groups is 1. The second-order valence-electron chi connectivity index (χ2n) is 7.16. The number of rotatable bonds is 2. The summed E-state index contributed by atoms with van der Waals surface area (Å²) in [5.41, 5.74) is 1.44. The van der Waals surface area contributed by atoms with Crippen LogP contribution in [0.2, 0.25) is 0 Å². The summed E-state index contributed by atoms with van der Waals surface area (Å²) in [5, 5.41) is 2.85. The molecule has 1 aromatic rings. The van der Waals surface area contributed by atoms with Crippen molar-refractivity contribution in [2.24, 2.45) is 0 Å². The molecule has 1 saturated heterocycles. The number of imide groups is 1. The zero-order valence-corrected chi connectivity index (χ0v) is 14.3. The van der Waals surface area contributed by atoms with Crippen LogP contribution in [0.3, 0.4) is 0 Å². The molecule has 3 aliphatic rings. The number of nitrogens with zero attached hydrogens (tertiary/aromatic N) is 2. The van der Waals surface area contributed by atoms with Crippen molar-refractivity contribution in [1.29, 1.82) is 0 Å². The maximum absolute atomic E-state index is 12.8. The minimum atomic E-state index is -0.218. The number of benzene rings is 1. The third-order valence-corrected chi connectivity index (χ3v) is 5.50. The Bertz CT molecular complexity index is 719. The van der Waals surface area contributed by atoms with Gasteiger partial charge in [0.05, 0.1) is 11.1 Å². The van der Waals surface area contributed by atoms with E-state index in [-0.39, 0.29) is 23.9 Å². The number of hydrogen-bond donors (Lipinski definition) is 1. The van der Waals surface area contributed by atoms with E-state index in [0.717, 1.165) is 51.6 Å². The van der Waals surface area contributed by atoms with E-state index in [1.54, 1.807) is 23.1 Å². The summed E-state index contributed by atoms with van der Waals surface area (Å²) in [6.07, 6.45) is 7.15. The molecular formula is C19H23N3O3. The first-order chi connectivity index (χ1) is 12.1. The van der Waals surface area contributed by atoms with E-state index in [2.05, 4.69) is 5.32 Å². The highest BCUT2D eigenvalue weighted by molar-refractivity contribution is 6.22. The van der Waals surface area contributed by atoms with Crippen molar-refractivity contribution in [2.75, 3.05) is 18.4 Å². The Morgan fingerprint density at radius 3 is 2.32 bits per heavy atom. The van der Waals surface area contributed by atoms with E-state index in [1.807, 2.05) is 0 Å². The van der Waals surface area contributed by atoms with Crippen molar-refractivity contribution < 1.29 is 14.4 Å². The molecular weight excluding hydrogens is 318 g/mol. The fourth-order valence-corrected chi connectivity index (χ4v) is 4.13. The quantitative estimate of drug-likeness (QED) is 0.840. The van der Waals surface area contributed by atoms with Crippen molar-refractivity contribution in [3.63, 3.8) is 0 Å². The Kier molecular flexibility index (Phi) is 4.19. The number of carbonyl (C=O) groups is 3. The second kappa shape index (κ2) is 6.50. The van der Waals surface area contributed by atoms with E-state index in [4.69, 9.17) is 0 Å². The summed E-state index contributed by atoms with van der Waals surface area (Å²) in [6, 6.07) is 4.90. The monoisotopic (exact) mass is 341 g/mol. The Balaban J connectivity index is 1.53. The number of amides is 4. The average Bonchev–Trinajstić information content (AvgIpc) is 3.24. The van der Waals surface area contributed by atoms with Crippen LogP contribution in [0, 0.1) is 0 Å². The molecule has 0 aromatic heterocycles. The molecule has 6 nitrogen and oxygen atoms in total. The summed E-state index contributed by atoms with van der Waals surface area (Å²) in [7, 11) is 0. The molecule has 4 rings (SSSR count). The molecule has 1 aliphatic carbocycles. The third-order valence-electron chi connectivity index (χ3n) is 5.50. The smallest absolute Gasteiger partial charge is 0.321 e. The van der Waals surface area contributed by atoms with Crippen LogP contribution in [-0.4, -0.2) is 46.8 Å². The Morgan fingerprint density at radius 2 is 1.60 bits per heavy atom. The van der Waals surface area contributed by atoms with Gasteiger partial charge in [-0.1, -0.05) is 19.3 Å². The van der Waals surface area contributed by atoms with E-state index in [0.29, 0.717) is 16.8 Å². The number of anilines is 1. The van der Waals surface area contributed by atoms with Crippen LogP contribution in [-0.2, 0) is 0 Å². The van der Waals surface area contributed by atoms with Gasteiger partial charge in [0.1, 0.15) is 0 Å². The molecule has 6 heteroatoms. The molecule has 0 bridgehead atoms. The van der Waals surface area contributed by atoms with Gasteiger partial charge in [0.25, 0.3) is 11.8 Å². The van der Waals surface area contributed by atoms with Crippen LogP contribution in [0.15, 0.2) is 18.2 Å². The molecule has 1 N–H and O–H groups in total. The SMILES string of the molecule is O=C(Nc1ccc2c(c1)C(=O)N(C1CCCCC1)C2=O)N1CCCC1. The van der Waals surface area contributed by atoms with E-state index in [1.165, 1.54) is 11.3 Å². The maximum Gasteiger partial charge on any atom is 0.321 e. The van der Waals surface area contributed by atoms with Gasteiger partial charge in [-0.3, -0.25) is 14.5 Å². The number of fused-ring (bicyclic) bond motifs is 1. The molecule has 2 heterocycles. The molecule has 2 aliphatic heterocycles. The second-order valence-corrected chi connectivity index (χ2v) is 7.16. The predicted octanol–water partition coefficient (Wildman–Crippen LogP) is 3.24. The minimum absolute atomic E-state index is 0.0174. The van der Waals surface area contributed by atoms with E-state index >= 15 is 0 Å². The number of likely N-dealkylation sites (tertiary alicyclic amines) is 1. The predicted molar refractivity (Wildman–Crippen MR) is 93.6 cm³/mol. The van der Waals surface area contributed by atoms with Crippen molar-refractivity contribution in [3.05, 3.63) is 29.3 Å². The van der Waals surface area contributed by atoms with Crippen molar-refractivity contribution in [3.8, 4) is 0 Å². The first-order valence-corrected chi connectivity index (χ1v) is 9.23. The molecule has 0 unspecified atom stereocenters. The van der Waals surface area contributed by atoms with Gasteiger partial charge in [-0.25, -0.2) is 4.79 Å². The largest absolute Gasteiger partial charge is 0.325 e. The van der Waals surface area contributed by atoms with Crippen LogP contribution < -0.4 is 5.32 Å². The molecule has 0 radical (unpaired) electrons. The van der Waals surface area contributed by atoms with Crippen molar-refractivity contribution >= 4 is 23.5 Å². The number of nitrogens with one attached hydrogen (secondary N) is 1. The molecule has 0 spiro atoms. The van der Waals surface area contributed by atoms with Crippen molar-refractivity contribution in [1.82, 2.24) is 9.80 Å². The lowest BCUT2D eigenvalue weighted by atomic mass is 9.94. The van der Waals surface area contributed by atoms with Crippen LogP contribution in [0.5, 0.6) is 0 Å². The lowest BCUT2D eigenvalue weighted by molar-refractivity contribution is 0.0549. The Labute approximate surface area is 147 Å². The molecule has 0 atom stereocenters. The average molecular weight is 341 g/mol. The standard InChI is InChI=1S/C19H23N3O3/c23-17-15-9-8-13(20-19(25)21-10-4-5-11-21)12-16(15)18(24)22(17)14-6-2-1-3-7-14/h8-9,12,14H,1-7,10-11H2,(H,20,25). The number of hydrogen-bond acceptors (Lipinski definition) is 3. The normalized spacial score (nSPS) is 21.0. The van der Waals surface area contributed by atoms with Gasteiger partial charge in [0, 0.05) is 24.8 Å². The van der Waals surface area contributed by atoms with Crippen LogP contribution >= 0.6 is 0 Å². The lowest BCUT2D eigenvalue weighted by Gasteiger charge is -2.29. The van der Waals surface area contributed by atoms with Crippen LogP contribution in [0.25, 0.3) is 0 Å². The summed E-state index contributed by atoms with van der Waals surface area (Å²) < 4.78 is 0. The maximum atomic E-state index is 12.8. The first-order valence-electron chi connectivity index (χ1n) is 9.23. The Morgan fingerprint density at radius 1 is 0.920 bits per heavy atom. The molecule has 2 fully saturated rings. The third kappa shape index (κ3) is 2.90. The van der Waals surface area contributed by atoms with Gasteiger partial charge in [0.2, 0.25) is 0 Å². The fourth-order valence-electron chi connectivity index (χ4n) is 4.13. The van der Waals surface area contributed by atoms with E-state index < -0.39 is 0 Å².